The first kappa shape index (κ1) is 8.74. The van der Waals surface area contributed by atoms with Crippen LogP contribution in [0.15, 0.2) is 10.6 Å². The molecule has 1 amide bonds. The van der Waals surface area contributed by atoms with Gasteiger partial charge in [-0.25, -0.2) is 4.79 Å². The highest BCUT2D eigenvalue weighted by atomic mass is 16.5. The Kier molecular flexibility index (Phi) is 1.95. The molecule has 0 spiro atoms. The van der Waals surface area contributed by atoms with Crippen LogP contribution >= 0.6 is 0 Å². The summed E-state index contributed by atoms with van der Waals surface area (Å²) >= 11 is 0. The lowest BCUT2D eigenvalue weighted by atomic mass is 10.3. The predicted octanol–water partition coefficient (Wildman–Crippen LogP) is 0.265. The number of carboxylic acid groups (broad SMARTS) is 1. The van der Waals surface area contributed by atoms with Gasteiger partial charge in [0.1, 0.15) is 0 Å². The van der Waals surface area contributed by atoms with Gasteiger partial charge in [-0.2, -0.15) is 0 Å². The molecule has 0 atom stereocenters. The van der Waals surface area contributed by atoms with Crippen molar-refractivity contribution < 1.29 is 19.2 Å². The largest absolute Gasteiger partial charge is 0.476 e. The van der Waals surface area contributed by atoms with Crippen molar-refractivity contribution in [3.05, 3.63) is 17.5 Å². The second kappa shape index (κ2) is 3.13. The molecule has 1 aliphatic rings. The van der Waals surface area contributed by atoms with Crippen LogP contribution < -0.4 is 5.32 Å². The first-order chi connectivity index (χ1) is 6.66. The fourth-order valence-corrected chi connectivity index (χ4v) is 0.967. The standard InChI is InChI=1S/C8H8N2O4/c11-7(9-4-1-2-4)6-3-5(8(12)13)10-14-6/h3-4H,1-2H2,(H,9,11)(H,12,13). The molecular formula is C8H8N2O4. The fraction of sp³-hybridized carbons (Fsp3) is 0.375. The molecule has 6 nitrogen and oxygen atoms in total. The molecule has 1 heterocycles. The highest BCUT2D eigenvalue weighted by molar-refractivity contribution is 5.94. The van der Waals surface area contributed by atoms with Crippen molar-refractivity contribution >= 4 is 11.9 Å². The van der Waals surface area contributed by atoms with E-state index in [0.717, 1.165) is 18.9 Å². The minimum atomic E-state index is -1.21. The maximum absolute atomic E-state index is 11.3. The summed E-state index contributed by atoms with van der Waals surface area (Å²) in [5.41, 5.74) is -0.258. The number of aromatic nitrogens is 1. The van der Waals surface area contributed by atoms with Crippen LogP contribution in [0.5, 0.6) is 0 Å². The van der Waals surface area contributed by atoms with Crippen LogP contribution in [-0.2, 0) is 0 Å². The maximum atomic E-state index is 11.3. The van der Waals surface area contributed by atoms with Crippen molar-refractivity contribution in [2.45, 2.75) is 18.9 Å². The Labute approximate surface area is 78.9 Å². The van der Waals surface area contributed by atoms with Gasteiger partial charge < -0.3 is 14.9 Å². The number of carbonyl (C=O) groups excluding carboxylic acids is 1. The molecule has 1 aromatic heterocycles. The monoisotopic (exact) mass is 196 g/mol. The minimum Gasteiger partial charge on any atom is -0.476 e. The minimum absolute atomic E-state index is 0.0608. The van der Waals surface area contributed by atoms with E-state index in [1.54, 1.807) is 0 Å². The van der Waals surface area contributed by atoms with E-state index >= 15 is 0 Å². The third-order valence-electron chi connectivity index (χ3n) is 1.87. The number of rotatable bonds is 3. The van der Waals surface area contributed by atoms with Crippen molar-refractivity contribution in [1.29, 1.82) is 0 Å². The number of nitrogens with zero attached hydrogens (tertiary/aromatic N) is 1. The van der Waals surface area contributed by atoms with E-state index in [9.17, 15) is 9.59 Å². The van der Waals surface area contributed by atoms with Gasteiger partial charge in [0.2, 0.25) is 5.76 Å². The van der Waals surface area contributed by atoms with Gasteiger partial charge in [-0.1, -0.05) is 5.16 Å². The molecule has 1 aliphatic carbocycles. The number of aromatic carboxylic acids is 1. The van der Waals surface area contributed by atoms with E-state index in [1.165, 1.54) is 0 Å². The first-order valence-corrected chi connectivity index (χ1v) is 4.17. The molecule has 1 fully saturated rings. The van der Waals surface area contributed by atoms with Crippen LogP contribution in [0.1, 0.15) is 33.9 Å². The molecule has 0 radical (unpaired) electrons. The summed E-state index contributed by atoms with van der Waals surface area (Å²) in [5.74, 6) is -1.68. The van der Waals surface area contributed by atoms with Crippen molar-refractivity contribution in [1.82, 2.24) is 10.5 Å². The summed E-state index contributed by atoms with van der Waals surface area (Å²) in [4.78, 5) is 21.7. The number of carboxylic acids is 1. The summed E-state index contributed by atoms with van der Waals surface area (Å²) in [6.07, 6.45) is 1.93. The fourth-order valence-electron chi connectivity index (χ4n) is 0.967. The van der Waals surface area contributed by atoms with Crippen molar-refractivity contribution in [2.75, 3.05) is 0 Å². The molecule has 2 rings (SSSR count). The van der Waals surface area contributed by atoms with Gasteiger partial charge in [0.25, 0.3) is 5.91 Å². The third-order valence-corrected chi connectivity index (χ3v) is 1.87. The lowest BCUT2D eigenvalue weighted by Gasteiger charge is -1.96. The van der Waals surface area contributed by atoms with Crippen molar-refractivity contribution in [3.63, 3.8) is 0 Å². The quantitative estimate of drug-likeness (QED) is 0.723. The van der Waals surface area contributed by atoms with Crippen LogP contribution in [0.25, 0.3) is 0 Å². The Morgan fingerprint density at radius 1 is 1.57 bits per heavy atom. The van der Waals surface area contributed by atoms with E-state index < -0.39 is 11.9 Å². The first-order valence-electron chi connectivity index (χ1n) is 4.17. The highest BCUT2D eigenvalue weighted by Crippen LogP contribution is 2.19. The molecular weight excluding hydrogens is 188 g/mol. The predicted molar refractivity (Wildman–Crippen MR) is 44.0 cm³/mol. The van der Waals surface area contributed by atoms with E-state index in [-0.39, 0.29) is 17.5 Å². The Balaban J connectivity index is 2.07. The summed E-state index contributed by atoms with van der Waals surface area (Å²) in [7, 11) is 0. The Morgan fingerprint density at radius 3 is 2.79 bits per heavy atom. The second-order valence-electron chi connectivity index (χ2n) is 3.13. The van der Waals surface area contributed by atoms with Crippen LogP contribution in [0.3, 0.4) is 0 Å². The molecule has 74 valence electrons. The molecule has 1 aromatic rings. The van der Waals surface area contributed by atoms with Gasteiger partial charge >= 0.3 is 5.97 Å². The number of carbonyl (C=O) groups is 2. The van der Waals surface area contributed by atoms with Crippen LogP contribution in [-0.4, -0.2) is 28.2 Å². The van der Waals surface area contributed by atoms with Gasteiger partial charge in [0, 0.05) is 12.1 Å². The zero-order chi connectivity index (χ0) is 10.1. The molecule has 0 aliphatic heterocycles. The van der Waals surface area contributed by atoms with Gasteiger partial charge in [0.15, 0.2) is 5.69 Å². The molecule has 0 bridgehead atoms. The topological polar surface area (TPSA) is 92.4 Å². The zero-order valence-corrected chi connectivity index (χ0v) is 7.19. The summed E-state index contributed by atoms with van der Waals surface area (Å²) < 4.78 is 4.57. The molecule has 14 heavy (non-hydrogen) atoms. The molecule has 1 saturated carbocycles. The Hall–Kier alpha value is -1.85. The normalized spacial score (nSPS) is 15.1. The number of hydrogen-bond donors (Lipinski definition) is 2. The van der Waals surface area contributed by atoms with Gasteiger partial charge in [-0.3, -0.25) is 4.79 Å². The summed E-state index contributed by atoms with van der Waals surface area (Å²) in [6, 6.07) is 1.32. The average Bonchev–Trinajstić information content (AvgIpc) is 2.81. The van der Waals surface area contributed by atoms with Gasteiger partial charge in [-0.15, -0.1) is 0 Å². The van der Waals surface area contributed by atoms with Crippen molar-refractivity contribution in [2.24, 2.45) is 0 Å². The molecule has 0 aromatic carbocycles. The zero-order valence-electron chi connectivity index (χ0n) is 7.19. The van der Waals surface area contributed by atoms with Crippen LogP contribution in [0, 0.1) is 0 Å². The van der Waals surface area contributed by atoms with Crippen LogP contribution in [0.2, 0.25) is 0 Å². The second-order valence-corrected chi connectivity index (χ2v) is 3.13. The average molecular weight is 196 g/mol. The van der Waals surface area contributed by atoms with E-state index in [4.69, 9.17) is 5.11 Å². The van der Waals surface area contributed by atoms with E-state index in [0.29, 0.717) is 0 Å². The summed E-state index contributed by atoms with van der Waals surface area (Å²) in [5, 5.41) is 14.4. The van der Waals surface area contributed by atoms with Crippen LogP contribution in [0.4, 0.5) is 0 Å². The molecule has 0 unspecified atom stereocenters. The van der Waals surface area contributed by atoms with E-state index in [1.807, 2.05) is 0 Å². The third kappa shape index (κ3) is 1.73. The smallest absolute Gasteiger partial charge is 0.358 e. The Morgan fingerprint density at radius 2 is 2.29 bits per heavy atom. The van der Waals surface area contributed by atoms with Crippen molar-refractivity contribution in [3.8, 4) is 0 Å². The molecule has 6 heteroatoms. The number of nitrogens with one attached hydrogen (secondary N) is 1. The highest BCUT2D eigenvalue weighted by Gasteiger charge is 2.26. The number of amides is 1. The molecule has 2 N–H and O–H groups in total. The van der Waals surface area contributed by atoms with Gasteiger partial charge in [0.05, 0.1) is 0 Å². The number of hydrogen-bond acceptors (Lipinski definition) is 4. The Bertz CT molecular complexity index is 380. The van der Waals surface area contributed by atoms with E-state index in [2.05, 4.69) is 15.0 Å². The van der Waals surface area contributed by atoms with Gasteiger partial charge in [-0.05, 0) is 12.8 Å². The molecule has 0 saturated heterocycles. The SMILES string of the molecule is O=C(O)c1cc(C(=O)NC2CC2)on1. The maximum Gasteiger partial charge on any atom is 0.358 e. The lowest BCUT2D eigenvalue weighted by molar-refractivity contribution is 0.0684. The summed E-state index contributed by atoms with van der Waals surface area (Å²) in [6.45, 7) is 0. The lowest BCUT2D eigenvalue weighted by Crippen LogP contribution is -2.24.